The first-order chi connectivity index (χ1) is 7.70. The molecule has 1 heterocycles. The molecule has 98 valence electrons. The van der Waals surface area contributed by atoms with Crippen LogP contribution in [0, 0.1) is 0 Å². The van der Waals surface area contributed by atoms with Gasteiger partial charge in [-0.05, 0) is 39.3 Å². The number of hydrogen-bond acceptors (Lipinski definition) is 3. The van der Waals surface area contributed by atoms with Crippen LogP contribution in [0.3, 0.4) is 0 Å². The number of ether oxygens (including phenoxy) is 1. The molecule has 1 fully saturated rings. The first kappa shape index (κ1) is 14.1. The summed E-state index contributed by atoms with van der Waals surface area (Å²) in [6.07, 6.45) is -0.341. The van der Waals surface area contributed by atoms with Crippen LogP contribution in [-0.4, -0.2) is 52.5 Å². The minimum Gasteiger partial charge on any atom is -0.444 e. The number of halogens is 1. The third kappa shape index (κ3) is 4.07. The summed E-state index contributed by atoms with van der Waals surface area (Å²) >= 11 is 5.41. The molecule has 0 aliphatic carbocycles. The Kier molecular flexibility index (Phi) is 4.25. The van der Waals surface area contributed by atoms with Gasteiger partial charge in [-0.25, -0.2) is 4.79 Å². The van der Waals surface area contributed by atoms with Crippen molar-refractivity contribution in [2.45, 2.75) is 39.3 Å². The molecule has 6 heteroatoms. The van der Waals surface area contributed by atoms with Gasteiger partial charge in [0.1, 0.15) is 5.60 Å². The predicted octanol–water partition coefficient (Wildman–Crippen LogP) is 2.29. The Hall–Kier alpha value is -0.970. The van der Waals surface area contributed by atoms with Crippen molar-refractivity contribution in [2.75, 3.05) is 19.6 Å². The average molecular weight is 263 g/mol. The Morgan fingerprint density at radius 1 is 1.29 bits per heavy atom. The number of amides is 2. The first-order valence-corrected chi connectivity index (χ1v) is 6.02. The van der Waals surface area contributed by atoms with Gasteiger partial charge in [-0.15, -0.1) is 0 Å². The Bertz CT molecular complexity index is 314. The molecule has 0 spiro atoms. The van der Waals surface area contributed by atoms with Crippen molar-refractivity contribution >= 4 is 23.1 Å². The van der Waals surface area contributed by atoms with Crippen molar-refractivity contribution in [1.29, 1.82) is 0 Å². The molecule has 0 N–H and O–H groups in total. The van der Waals surface area contributed by atoms with Crippen LogP contribution >= 0.6 is 11.6 Å². The van der Waals surface area contributed by atoms with Gasteiger partial charge < -0.3 is 14.5 Å². The van der Waals surface area contributed by atoms with Crippen molar-refractivity contribution in [3.8, 4) is 0 Å². The molecule has 0 aromatic carbocycles. The van der Waals surface area contributed by atoms with E-state index in [1.165, 1.54) is 4.90 Å². The fourth-order valence-electron chi connectivity index (χ4n) is 1.71. The van der Waals surface area contributed by atoms with E-state index in [4.69, 9.17) is 16.3 Å². The Morgan fingerprint density at radius 2 is 1.88 bits per heavy atom. The van der Waals surface area contributed by atoms with E-state index in [0.29, 0.717) is 19.6 Å². The number of hydrogen-bond donors (Lipinski definition) is 0. The van der Waals surface area contributed by atoms with Gasteiger partial charge in [-0.2, -0.15) is 0 Å². The summed E-state index contributed by atoms with van der Waals surface area (Å²) in [7, 11) is 0. The van der Waals surface area contributed by atoms with Gasteiger partial charge in [0.15, 0.2) is 0 Å². The topological polar surface area (TPSA) is 49.9 Å². The summed E-state index contributed by atoms with van der Waals surface area (Å²) in [4.78, 5) is 26.0. The lowest BCUT2D eigenvalue weighted by Crippen LogP contribution is -2.55. The summed E-state index contributed by atoms with van der Waals surface area (Å²) < 4.78 is 5.29. The molecule has 0 bridgehead atoms. The van der Waals surface area contributed by atoms with Crippen LogP contribution in [0.2, 0.25) is 0 Å². The molecule has 0 aromatic rings. The van der Waals surface area contributed by atoms with Crippen molar-refractivity contribution < 1.29 is 14.3 Å². The highest BCUT2D eigenvalue weighted by Crippen LogP contribution is 2.16. The van der Waals surface area contributed by atoms with Gasteiger partial charge in [0, 0.05) is 25.7 Å². The maximum Gasteiger partial charge on any atom is 0.410 e. The van der Waals surface area contributed by atoms with Gasteiger partial charge in [0.05, 0.1) is 0 Å². The molecule has 1 rings (SSSR count). The lowest BCUT2D eigenvalue weighted by atomic mass is 10.2. The number of rotatable bonds is 0. The zero-order chi connectivity index (χ0) is 13.2. The van der Waals surface area contributed by atoms with Gasteiger partial charge in [-0.3, -0.25) is 4.79 Å². The summed E-state index contributed by atoms with van der Waals surface area (Å²) in [6, 6.07) is -0.0821. The third-order valence-electron chi connectivity index (χ3n) is 2.50. The van der Waals surface area contributed by atoms with Gasteiger partial charge >= 0.3 is 11.5 Å². The Morgan fingerprint density at radius 3 is 2.29 bits per heavy atom. The maximum absolute atomic E-state index is 11.9. The van der Waals surface area contributed by atoms with Gasteiger partial charge in [-0.1, -0.05) is 0 Å². The molecule has 5 nitrogen and oxygen atoms in total. The zero-order valence-electron chi connectivity index (χ0n) is 10.7. The van der Waals surface area contributed by atoms with Crippen LogP contribution in [0.1, 0.15) is 27.7 Å². The highest BCUT2D eigenvalue weighted by molar-refractivity contribution is 6.62. The van der Waals surface area contributed by atoms with Crippen molar-refractivity contribution in [2.24, 2.45) is 0 Å². The molecular weight excluding hydrogens is 244 g/mol. The van der Waals surface area contributed by atoms with Crippen LogP contribution in [0.4, 0.5) is 9.59 Å². The van der Waals surface area contributed by atoms with E-state index < -0.39 is 11.0 Å². The van der Waals surface area contributed by atoms with E-state index in [-0.39, 0.29) is 12.1 Å². The van der Waals surface area contributed by atoms with E-state index in [2.05, 4.69) is 0 Å². The fourth-order valence-corrected chi connectivity index (χ4v) is 1.86. The normalized spacial score (nSPS) is 21.4. The van der Waals surface area contributed by atoms with Crippen LogP contribution in [0.5, 0.6) is 0 Å². The highest BCUT2D eigenvalue weighted by atomic mass is 35.5. The van der Waals surface area contributed by atoms with Crippen LogP contribution < -0.4 is 0 Å². The van der Waals surface area contributed by atoms with Crippen molar-refractivity contribution in [3.05, 3.63) is 0 Å². The smallest absolute Gasteiger partial charge is 0.410 e. The highest BCUT2D eigenvalue weighted by Gasteiger charge is 2.31. The van der Waals surface area contributed by atoms with Gasteiger partial charge in [0.25, 0.3) is 0 Å². The molecule has 1 saturated heterocycles. The number of piperazine rings is 1. The van der Waals surface area contributed by atoms with Crippen molar-refractivity contribution in [1.82, 2.24) is 9.80 Å². The molecule has 0 aromatic heterocycles. The maximum atomic E-state index is 11.9. The Labute approximate surface area is 107 Å². The molecule has 2 amide bonds. The Balaban J connectivity index is 2.58. The SMILES string of the molecule is C[C@@H]1CN(C(=O)Cl)CCN1C(=O)OC(C)(C)C. The fraction of sp³-hybridized carbons (Fsp3) is 0.818. The lowest BCUT2D eigenvalue weighted by molar-refractivity contribution is 0.00633. The standard InChI is InChI=1S/C11H19ClN2O3/c1-8-7-13(9(12)15)5-6-14(8)10(16)17-11(2,3)4/h8H,5-7H2,1-4H3/t8-/m1/s1. The first-order valence-electron chi connectivity index (χ1n) is 5.65. The predicted molar refractivity (Wildman–Crippen MR) is 65.2 cm³/mol. The summed E-state index contributed by atoms with van der Waals surface area (Å²) in [5, 5.41) is -0.472. The lowest BCUT2D eigenvalue weighted by Gasteiger charge is -2.39. The molecule has 17 heavy (non-hydrogen) atoms. The number of carbonyl (C=O) groups excluding carboxylic acids is 2. The van der Waals surface area contributed by atoms with Crippen LogP contribution in [0.15, 0.2) is 0 Å². The quantitative estimate of drug-likeness (QED) is 0.497. The minimum atomic E-state index is -0.504. The number of nitrogens with zero attached hydrogens (tertiary/aromatic N) is 2. The van der Waals surface area contributed by atoms with E-state index in [1.54, 1.807) is 4.90 Å². The molecule has 0 radical (unpaired) electrons. The second-order valence-electron chi connectivity index (χ2n) is 5.22. The number of carbonyl (C=O) groups is 2. The average Bonchev–Trinajstić information content (AvgIpc) is 2.14. The van der Waals surface area contributed by atoms with E-state index in [9.17, 15) is 9.59 Å². The summed E-state index contributed by atoms with van der Waals surface area (Å²) in [5.41, 5.74) is -0.504. The monoisotopic (exact) mass is 262 g/mol. The third-order valence-corrected chi connectivity index (χ3v) is 2.74. The van der Waals surface area contributed by atoms with Gasteiger partial charge in [0.2, 0.25) is 0 Å². The second-order valence-corrected chi connectivity index (χ2v) is 5.55. The summed E-state index contributed by atoms with van der Waals surface area (Å²) in [6.45, 7) is 8.70. The molecule has 0 saturated carbocycles. The molecule has 1 aliphatic rings. The van der Waals surface area contributed by atoms with Crippen LogP contribution in [-0.2, 0) is 4.74 Å². The van der Waals surface area contributed by atoms with E-state index >= 15 is 0 Å². The van der Waals surface area contributed by atoms with E-state index in [0.717, 1.165) is 0 Å². The second kappa shape index (κ2) is 5.12. The van der Waals surface area contributed by atoms with E-state index in [1.807, 2.05) is 27.7 Å². The zero-order valence-corrected chi connectivity index (χ0v) is 11.5. The molecule has 1 atom stereocenters. The van der Waals surface area contributed by atoms with Crippen LogP contribution in [0.25, 0.3) is 0 Å². The largest absolute Gasteiger partial charge is 0.444 e. The van der Waals surface area contributed by atoms with Crippen molar-refractivity contribution in [3.63, 3.8) is 0 Å². The molecule has 0 unspecified atom stereocenters. The summed E-state index contributed by atoms with van der Waals surface area (Å²) in [5.74, 6) is 0. The molecule has 1 aliphatic heterocycles. The minimum absolute atomic E-state index is 0.0821. The molecular formula is C11H19ClN2O3.